The Morgan fingerprint density at radius 2 is 2.11 bits per heavy atom. The standard InChI is InChI=1S/C19H30N6S2/c1-4-17-22-19(27-23-17)25-10-8-24(9-11-25)18(20-5-2)21-14-15(3)13-16-7-6-12-26-16/h6-7,12,15H,4-5,8-11,13-14H2,1-3H3,(H,20,21). The first kappa shape index (κ1) is 20.1. The van der Waals surface area contributed by atoms with Crippen LogP contribution in [0.3, 0.4) is 0 Å². The van der Waals surface area contributed by atoms with Crippen LogP contribution in [0.2, 0.25) is 0 Å². The molecule has 2 aromatic rings. The molecule has 0 radical (unpaired) electrons. The number of nitrogens with one attached hydrogen (secondary N) is 1. The molecule has 3 rings (SSSR count). The maximum Gasteiger partial charge on any atom is 0.205 e. The average Bonchev–Trinajstić information content (AvgIpc) is 3.37. The van der Waals surface area contributed by atoms with Crippen molar-refractivity contribution in [1.82, 2.24) is 19.6 Å². The fourth-order valence-electron chi connectivity index (χ4n) is 3.13. The molecule has 0 amide bonds. The van der Waals surface area contributed by atoms with Crippen LogP contribution < -0.4 is 10.2 Å². The number of anilines is 1. The van der Waals surface area contributed by atoms with Crippen LogP contribution in [-0.2, 0) is 12.8 Å². The van der Waals surface area contributed by atoms with Crippen LogP contribution in [0.1, 0.15) is 31.5 Å². The number of aliphatic imine (C=N–C) groups is 1. The highest BCUT2D eigenvalue weighted by atomic mass is 32.1. The molecule has 3 heterocycles. The molecule has 0 aliphatic carbocycles. The van der Waals surface area contributed by atoms with E-state index in [0.717, 1.165) is 69.0 Å². The van der Waals surface area contributed by atoms with E-state index in [9.17, 15) is 0 Å². The first-order valence-electron chi connectivity index (χ1n) is 9.82. The average molecular weight is 407 g/mol. The largest absolute Gasteiger partial charge is 0.357 e. The highest BCUT2D eigenvalue weighted by molar-refractivity contribution is 7.10. The zero-order valence-corrected chi connectivity index (χ0v) is 18.2. The van der Waals surface area contributed by atoms with E-state index in [1.54, 1.807) is 0 Å². The molecule has 27 heavy (non-hydrogen) atoms. The van der Waals surface area contributed by atoms with Crippen molar-refractivity contribution in [2.24, 2.45) is 10.9 Å². The summed E-state index contributed by atoms with van der Waals surface area (Å²) in [7, 11) is 0. The number of thiophene rings is 1. The fourth-order valence-corrected chi connectivity index (χ4v) is 4.80. The smallest absolute Gasteiger partial charge is 0.205 e. The lowest BCUT2D eigenvalue weighted by molar-refractivity contribution is 0.371. The van der Waals surface area contributed by atoms with Crippen molar-refractivity contribution in [2.45, 2.75) is 33.6 Å². The molecule has 1 fully saturated rings. The molecule has 0 bridgehead atoms. The van der Waals surface area contributed by atoms with Gasteiger partial charge in [-0.1, -0.05) is 19.9 Å². The molecule has 0 spiro atoms. The monoisotopic (exact) mass is 406 g/mol. The lowest BCUT2D eigenvalue weighted by atomic mass is 10.1. The summed E-state index contributed by atoms with van der Waals surface area (Å²) < 4.78 is 4.41. The molecular formula is C19H30N6S2. The third kappa shape index (κ3) is 5.65. The van der Waals surface area contributed by atoms with Gasteiger partial charge in [0.25, 0.3) is 0 Å². The van der Waals surface area contributed by atoms with Gasteiger partial charge in [0.1, 0.15) is 5.82 Å². The number of guanidine groups is 1. The molecular weight excluding hydrogens is 376 g/mol. The van der Waals surface area contributed by atoms with Crippen molar-refractivity contribution < 1.29 is 0 Å². The van der Waals surface area contributed by atoms with Crippen molar-refractivity contribution in [2.75, 3.05) is 44.2 Å². The van der Waals surface area contributed by atoms with E-state index < -0.39 is 0 Å². The second-order valence-electron chi connectivity index (χ2n) is 6.90. The number of nitrogens with zero attached hydrogens (tertiary/aromatic N) is 5. The molecule has 0 aromatic carbocycles. The van der Waals surface area contributed by atoms with Gasteiger partial charge in [0, 0.05) is 62.1 Å². The Balaban J connectivity index is 1.53. The van der Waals surface area contributed by atoms with Gasteiger partial charge >= 0.3 is 0 Å². The van der Waals surface area contributed by atoms with Crippen LogP contribution >= 0.6 is 22.9 Å². The van der Waals surface area contributed by atoms with Crippen LogP contribution in [0.5, 0.6) is 0 Å². The fraction of sp³-hybridized carbons (Fsp3) is 0.632. The minimum Gasteiger partial charge on any atom is -0.357 e. The number of hydrogen-bond acceptors (Lipinski definition) is 6. The topological polar surface area (TPSA) is 56.7 Å². The number of rotatable bonds is 7. The third-order valence-corrected chi connectivity index (χ3v) is 6.35. The lowest BCUT2D eigenvalue weighted by Gasteiger charge is -2.36. The summed E-state index contributed by atoms with van der Waals surface area (Å²) in [5.41, 5.74) is 0. The van der Waals surface area contributed by atoms with E-state index >= 15 is 0 Å². The first-order valence-corrected chi connectivity index (χ1v) is 11.5. The van der Waals surface area contributed by atoms with E-state index in [1.807, 2.05) is 11.3 Å². The molecule has 8 heteroatoms. The van der Waals surface area contributed by atoms with E-state index in [2.05, 4.69) is 62.8 Å². The summed E-state index contributed by atoms with van der Waals surface area (Å²) in [5.74, 6) is 2.54. The third-order valence-electron chi connectivity index (χ3n) is 4.64. The molecule has 148 valence electrons. The SMILES string of the molecule is CCNC(=NCC(C)Cc1cccs1)N1CCN(c2nc(CC)ns2)CC1. The van der Waals surface area contributed by atoms with E-state index in [0.29, 0.717) is 5.92 Å². The van der Waals surface area contributed by atoms with E-state index in [1.165, 1.54) is 16.4 Å². The zero-order chi connectivity index (χ0) is 19.1. The van der Waals surface area contributed by atoms with Crippen molar-refractivity contribution in [1.29, 1.82) is 0 Å². The van der Waals surface area contributed by atoms with Crippen LogP contribution in [0, 0.1) is 5.92 Å². The van der Waals surface area contributed by atoms with Gasteiger partial charge in [-0.15, -0.1) is 11.3 Å². The number of hydrogen-bond donors (Lipinski definition) is 1. The molecule has 1 saturated heterocycles. The van der Waals surface area contributed by atoms with Gasteiger partial charge < -0.3 is 15.1 Å². The predicted molar refractivity (Wildman–Crippen MR) is 116 cm³/mol. The van der Waals surface area contributed by atoms with Gasteiger partial charge in [-0.3, -0.25) is 4.99 Å². The summed E-state index contributed by atoms with van der Waals surface area (Å²) >= 11 is 3.35. The summed E-state index contributed by atoms with van der Waals surface area (Å²) in [5, 5.41) is 6.67. The summed E-state index contributed by atoms with van der Waals surface area (Å²) in [4.78, 5) is 15.7. The Morgan fingerprint density at radius 1 is 1.30 bits per heavy atom. The first-order chi connectivity index (χ1) is 13.2. The molecule has 1 aliphatic rings. The Hall–Kier alpha value is -1.67. The van der Waals surface area contributed by atoms with Gasteiger partial charge in [0.05, 0.1) is 0 Å². The van der Waals surface area contributed by atoms with Gasteiger partial charge in [-0.2, -0.15) is 4.37 Å². The number of aromatic nitrogens is 2. The van der Waals surface area contributed by atoms with Crippen LogP contribution in [0.25, 0.3) is 0 Å². The molecule has 1 N–H and O–H groups in total. The minimum absolute atomic E-state index is 0.549. The Kier molecular flexibility index (Phi) is 7.46. The van der Waals surface area contributed by atoms with Crippen molar-refractivity contribution >= 4 is 34.0 Å². The highest BCUT2D eigenvalue weighted by Gasteiger charge is 2.22. The van der Waals surface area contributed by atoms with Crippen molar-refractivity contribution in [3.63, 3.8) is 0 Å². The van der Waals surface area contributed by atoms with Gasteiger partial charge in [0.2, 0.25) is 5.13 Å². The van der Waals surface area contributed by atoms with E-state index in [4.69, 9.17) is 4.99 Å². The Labute approximate surface area is 170 Å². The number of aryl methyl sites for hydroxylation is 1. The van der Waals surface area contributed by atoms with Crippen molar-refractivity contribution in [3.05, 3.63) is 28.2 Å². The maximum atomic E-state index is 4.92. The van der Waals surface area contributed by atoms with Gasteiger partial charge in [-0.25, -0.2) is 4.98 Å². The van der Waals surface area contributed by atoms with E-state index in [-0.39, 0.29) is 0 Å². The van der Waals surface area contributed by atoms with Crippen LogP contribution in [0.15, 0.2) is 22.5 Å². The lowest BCUT2D eigenvalue weighted by Crippen LogP contribution is -2.52. The summed E-state index contributed by atoms with van der Waals surface area (Å²) in [6.07, 6.45) is 2.00. The minimum atomic E-state index is 0.549. The normalized spacial score (nSPS) is 16.6. The molecule has 1 aliphatic heterocycles. The molecule has 2 aromatic heterocycles. The molecule has 1 atom stereocenters. The summed E-state index contributed by atoms with van der Waals surface area (Å²) in [6.45, 7) is 12.1. The molecule has 1 unspecified atom stereocenters. The number of piperazine rings is 1. The van der Waals surface area contributed by atoms with Crippen LogP contribution in [0.4, 0.5) is 5.13 Å². The quantitative estimate of drug-likeness (QED) is 0.565. The van der Waals surface area contributed by atoms with Gasteiger partial charge in [-0.05, 0) is 30.7 Å². The second kappa shape index (κ2) is 10.0. The van der Waals surface area contributed by atoms with Gasteiger partial charge in [0.15, 0.2) is 5.96 Å². The summed E-state index contributed by atoms with van der Waals surface area (Å²) in [6, 6.07) is 4.34. The Morgan fingerprint density at radius 3 is 2.74 bits per heavy atom. The maximum absolute atomic E-state index is 4.92. The Bertz CT molecular complexity index is 704. The molecule has 6 nitrogen and oxygen atoms in total. The second-order valence-corrected chi connectivity index (χ2v) is 8.67. The van der Waals surface area contributed by atoms with Crippen LogP contribution in [-0.4, -0.2) is 59.5 Å². The zero-order valence-electron chi connectivity index (χ0n) is 16.5. The highest BCUT2D eigenvalue weighted by Crippen LogP contribution is 2.19. The van der Waals surface area contributed by atoms with Crippen molar-refractivity contribution in [3.8, 4) is 0 Å². The molecule has 0 saturated carbocycles. The predicted octanol–water partition coefficient (Wildman–Crippen LogP) is 3.13.